The molecule has 2 rings (SSSR count). The molecule has 5 nitrogen and oxygen atoms in total. The predicted octanol–water partition coefficient (Wildman–Crippen LogP) is 0.688. The Morgan fingerprint density at radius 3 is 2.62 bits per heavy atom. The van der Waals surface area contributed by atoms with Crippen molar-refractivity contribution in [2.24, 2.45) is 0 Å². The van der Waals surface area contributed by atoms with Gasteiger partial charge in [0.25, 0.3) is 5.56 Å². The summed E-state index contributed by atoms with van der Waals surface area (Å²) < 4.78 is 1.91. The first-order chi connectivity index (χ1) is 7.56. The third-order valence-electron chi connectivity index (χ3n) is 2.30. The van der Waals surface area contributed by atoms with Gasteiger partial charge in [-0.25, -0.2) is 8.39 Å². The molecule has 0 spiro atoms. The van der Waals surface area contributed by atoms with Crippen molar-refractivity contribution in [3.8, 4) is 0 Å². The summed E-state index contributed by atoms with van der Waals surface area (Å²) in [6.07, 6.45) is 0. The van der Waals surface area contributed by atoms with E-state index in [0.29, 0.717) is 15.6 Å². The molecule has 0 saturated carbocycles. The van der Waals surface area contributed by atoms with Gasteiger partial charge in [-0.3, -0.25) is 4.79 Å². The molecule has 16 heavy (non-hydrogen) atoms. The van der Waals surface area contributed by atoms with Crippen molar-refractivity contribution in [1.29, 1.82) is 0 Å². The van der Waals surface area contributed by atoms with Crippen LogP contribution in [0.2, 0.25) is 0 Å². The molecule has 0 radical (unpaired) electrons. The molecular formula is C10H9BrN2O3. The van der Waals surface area contributed by atoms with Crippen LogP contribution in [-0.4, -0.2) is 15.4 Å². The fraction of sp³-hybridized carbons (Fsp3) is 0.200. The quantitative estimate of drug-likeness (QED) is 0.774. The fourth-order valence-corrected chi connectivity index (χ4v) is 1.99. The number of fused-ring (bicyclic) bond motifs is 1. The molecular weight excluding hydrogens is 276 g/mol. The van der Waals surface area contributed by atoms with Gasteiger partial charge in [0, 0.05) is 0 Å². The first-order valence-electron chi connectivity index (χ1n) is 4.55. The number of aromatic nitrogens is 2. The Hall–Kier alpha value is -1.56. The number of benzene rings is 1. The molecule has 2 aromatic rings. The van der Waals surface area contributed by atoms with Crippen molar-refractivity contribution in [2.45, 2.75) is 6.92 Å². The molecule has 1 aromatic heterocycles. The van der Waals surface area contributed by atoms with Crippen molar-refractivity contribution in [3.05, 3.63) is 44.6 Å². The topological polar surface area (TPSA) is 53.2 Å². The van der Waals surface area contributed by atoms with E-state index in [9.17, 15) is 9.59 Å². The van der Waals surface area contributed by atoms with Gasteiger partial charge in [-0.05, 0) is 19.1 Å². The highest BCUT2D eigenvalue weighted by molar-refractivity contribution is 9.08. The van der Waals surface area contributed by atoms with Gasteiger partial charge in [0.05, 0.1) is 27.1 Å². The fourth-order valence-electron chi connectivity index (χ4n) is 1.53. The number of hydrogen-bond donors (Lipinski definition) is 0. The van der Waals surface area contributed by atoms with Crippen LogP contribution >= 0.6 is 16.1 Å². The lowest BCUT2D eigenvalue weighted by Gasteiger charge is -2.07. The molecule has 0 N–H and O–H groups in total. The van der Waals surface area contributed by atoms with E-state index in [1.54, 1.807) is 12.1 Å². The van der Waals surface area contributed by atoms with Crippen molar-refractivity contribution >= 4 is 27.1 Å². The minimum absolute atomic E-state index is 0.429. The molecule has 0 unspecified atom stereocenters. The third-order valence-corrected chi connectivity index (χ3v) is 2.99. The van der Waals surface area contributed by atoms with Crippen LogP contribution in [0.5, 0.6) is 0 Å². The summed E-state index contributed by atoms with van der Waals surface area (Å²) >= 11 is 3.10. The molecule has 0 aliphatic rings. The third kappa shape index (κ3) is 1.46. The molecule has 84 valence electrons. The molecule has 1 aromatic carbocycles. The van der Waals surface area contributed by atoms with Crippen LogP contribution in [0.3, 0.4) is 0 Å². The zero-order valence-electron chi connectivity index (χ0n) is 8.73. The second kappa shape index (κ2) is 3.79. The summed E-state index contributed by atoms with van der Waals surface area (Å²) in [5.74, 6) is 0. The van der Waals surface area contributed by atoms with E-state index in [4.69, 9.17) is 4.84 Å². The summed E-state index contributed by atoms with van der Waals surface area (Å²) in [5.41, 5.74) is 0.443. The summed E-state index contributed by atoms with van der Waals surface area (Å²) in [6.45, 7) is 1.87. The second-order valence-electron chi connectivity index (χ2n) is 3.37. The van der Waals surface area contributed by atoms with Gasteiger partial charge in [-0.15, -0.1) is 0 Å². The summed E-state index contributed by atoms with van der Waals surface area (Å²) in [6, 6.07) is 5.25. The number of nitrogens with zero attached hydrogens (tertiary/aromatic N) is 2. The summed E-state index contributed by atoms with van der Waals surface area (Å²) in [5, 5.41) is 0.429. The van der Waals surface area contributed by atoms with Gasteiger partial charge in [0.15, 0.2) is 0 Å². The number of rotatable bonds is 1. The summed E-state index contributed by atoms with van der Waals surface area (Å²) in [4.78, 5) is 28.3. The molecule has 0 aliphatic heterocycles. The summed E-state index contributed by atoms with van der Waals surface area (Å²) in [7, 11) is 1.28. The van der Waals surface area contributed by atoms with Gasteiger partial charge < -0.3 is 4.84 Å². The van der Waals surface area contributed by atoms with Crippen LogP contribution in [0.15, 0.2) is 27.8 Å². The standard InChI is InChI=1S/C10H9BrN2O3/c1-6-3-4-8-7(5-6)9(14)13(16-2)10(15)12(8)11/h3-5H,1-2H3. The van der Waals surface area contributed by atoms with E-state index in [1.807, 2.05) is 13.0 Å². The van der Waals surface area contributed by atoms with Crippen LogP contribution < -0.4 is 16.1 Å². The van der Waals surface area contributed by atoms with Gasteiger partial charge >= 0.3 is 5.69 Å². The van der Waals surface area contributed by atoms with Crippen LogP contribution in [0.4, 0.5) is 0 Å². The van der Waals surface area contributed by atoms with E-state index < -0.39 is 11.2 Å². The molecule has 1 heterocycles. The zero-order chi connectivity index (χ0) is 11.9. The van der Waals surface area contributed by atoms with Crippen molar-refractivity contribution in [2.75, 3.05) is 7.11 Å². The highest BCUT2D eigenvalue weighted by Gasteiger charge is 2.11. The molecule has 0 bridgehead atoms. The minimum atomic E-state index is -0.566. The highest BCUT2D eigenvalue weighted by Crippen LogP contribution is 2.11. The maximum absolute atomic E-state index is 11.9. The highest BCUT2D eigenvalue weighted by atomic mass is 79.9. The Labute approximate surface area is 99.2 Å². The average molecular weight is 285 g/mol. The Kier molecular flexibility index (Phi) is 2.59. The van der Waals surface area contributed by atoms with Crippen molar-refractivity contribution in [1.82, 2.24) is 8.32 Å². The van der Waals surface area contributed by atoms with Crippen LogP contribution in [0, 0.1) is 6.92 Å². The number of hydrogen-bond acceptors (Lipinski definition) is 3. The SMILES string of the molecule is COn1c(=O)c2cc(C)ccc2n(Br)c1=O. The largest absolute Gasteiger partial charge is 0.409 e. The smallest absolute Gasteiger partial charge is 0.375 e. The molecule has 0 amide bonds. The van der Waals surface area contributed by atoms with Crippen molar-refractivity contribution < 1.29 is 4.84 Å². The molecule has 0 aliphatic carbocycles. The monoisotopic (exact) mass is 284 g/mol. The van der Waals surface area contributed by atoms with Crippen LogP contribution in [-0.2, 0) is 0 Å². The van der Waals surface area contributed by atoms with Crippen molar-refractivity contribution in [3.63, 3.8) is 0 Å². The number of halogens is 1. The first-order valence-corrected chi connectivity index (χ1v) is 5.26. The Morgan fingerprint density at radius 1 is 1.31 bits per heavy atom. The lowest BCUT2D eigenvalue weighted by molar-refractivity contribution is 0.145. The van der Waals surface area contributed by atoms with Crippen LogP contribution in [0.25, 0.3) is 10.9 Å². The van der Waals surface area contributed by atoms with E-state index in [0.717, 1.165) is 5.56 Å². The lowest BCUT2D eigenvalue weighted by Crippen LogP contribution is -2.40. The first kappa shape index (κ1) is 10.9. The van der Waals surface area contributed by atoms with Gasteiger partial charge in [0.2, 0.25) is 0 Å². The Balaban J connectivity index is 3.09. The maximum Gasteiger partial charge on any atom is 0.375 e. The predicted molar refractivity (Wildman–Crippen MR) is 64.0 cm³/mol. The van der Waals surface area contributed by atoms with Gasteiger partial charge in [-0.1, -0.05) is 16.4 Å². The minimum Gasteiger partial charge on any atom is -0.409 e. The van der Waals surface area contributed by atoms with E-state index in [1.165, 1.54) is 10.7 Å². The Bertz CT molecular complexity index is 672. The molecule has 6 heteroatoms. The maximum atomic E-state index is 11.9. The van der Waals surface area contributed by atoms with Gasteiger partial charge in [-0.2, -0.15) is 0 Å². The van der Waals surface area contributed by atoms with E-state index >= 15 is 0 Å². The van der Waals surface area contributed by atoms with Crippen LogP contribution in [0.1, 0.15) is 5.56 Å². The van der Waals surface area contributed by atoms with E-state index in [2.05, 4.69) is 16.1 Å². The number of aryl methyl sites for hydroxylation is 1. The molecule has 0 saturated heterocycles. The molecule has 0 fully saturated rings. The van der Waals surface area contributed by atoms with E-state index in [-0.39, 0.29) is 0 Å². The lowest BCUT2D eigenvalue weighted by atomic mass is 10.2. The molecule has 0 atom stereocenters. The average Bonchev–Trinajstić information content (AvgIpc) is 2.27. The Morgan fingerprint density at radius 2 is 2.00 bits per heavy atom. The van der Waals surface area contributed by atoms with Gasteiger partial charge in [0.1, 0.15) is 7.11 Å². The zero-order valence-corrected chi connectivity index (χ0v) is 10.3. The second-order valence-corrected chi connectivity index (χ2v) is 4.08. The normalized spacial score (nSPS) is 10.7.